The van der Waals surface area contributed by atoms with Crippen LogP contribution in [0.1, 0.15) is 17.0 Å². The number of aliphatic hydroxyl groups is 1. The summed E-state index contributed by atoms with van der Waals surface area (Å²) in [6.45, 7) is 0. The van der Waals surface area contributed by atoms with E-state index in [1.54, 1.807) is 17.8 Å². The van der Waals surface area contributed by atoms with Crippen molar-refractivity contribution in [1.82, 2.24) is 0 Å². The first-order valence-corrected chi connectivity index (χ1v) is 8.27. The lowest BCUT2D eigenvalue weighted by atomic mass is 9.91. The molecule has 1 heterocycles. The van der Waals surface area contributed by atoms with Crippen LogP contribution in [0.5, 0.6) is 0 Å². The van der Waals surface area contributed by atoms with Gasteiger partial charge in [-0.05, 0) is 29.3 Å². The first-order valence-electron chi connectivity index (χ1n) is 6.49. The van der Waals surface area contributed by atoms with Gasteiger partial charge in [0.05, 0.1) is 6.10 Å². The highest BCUT2D eigenvalue weighted by molar-refractivity contribution is 9.10. The molecule has 104 valence electrons. The number of hydrogen-bond donors (Lipinski definition) is 1. The van der Waals surface area contributed by atoms with Crippen LogP contribution in [0.15, 0.2) is 51.8 Å². The summed E-state index contributed by atoms with van der Waals surface area (Å²) in [6, 6.07) is 12.8. The Morgan fingerprint density at radius 1 is 1.30 bits per heavy atom. The van der Waals surface area contributed by atoms with E-state index >= 15 is 0 Å². The molecule has 2 atom stereocenters. The molecule has 1 aliphatic rings. The van der Waals surface area contributed by atoms with Crippen LogP contribution in [-0.2, 0) is 6.42 Å². The Morgan fingerprint density at radius 2 is 2.10 bits per heavy atom. The standard InChI is InChI=1S/C16H14BrFOS/c17-14-8-11(18)6-5-10(14)7-15(19)13-9-20-16-4-2-1-3-12(13)16/h1-6,8,13,15,19H,7,9H2. The van der Waals surface area contributed by atoms with Gasteiger partial charge in [-0.1, -0.05) is 40.2 Å². The SMILES string of the molecule is OC(Cc1ccc(F)cc1Br)C1CSc2ccccc21. The van der Waals surface area contributed by atoms with Crippen LogP contribution in [-0.4, -0.2) is 17.0 Å². The van der Waals surface area contributed by atoms with E-state index < -0.39 is 6.10 Å². The van der Waals surface area contributed by atoms with E-state index in [0.29, 0.717) is 6.42 Å². The minimum atomic E-state index is -0.451. The fourth-order valence-electron chi connectivity index (χ4n) is 2.56. The van der Waals surface area contributed by atoms with Gasteiger partial charge >= 0.3 is 0 Å². The topological polar surface area (TPSA) is 20.2 Å². The molecule has 0 aromatic heterocycles. The van der Waals surface area contributed by atoms with E-state index in [-0.39, 0.29) is 11.7 Å². The second kappa shape index (κ2) is 5.88. The van der Waals surface area contributed by atoms with Crippen LogP contribution in [0, 0.1) is 5.82 Å². The molecule has 2 aromatic rings. The maximum Gasteiger partial charge on any atom is 0.124 e. The van der Waals surface area contributed by atoms with E-state index in [1.165, 1.54) is 22.6 Å². The van der Waals surface area contributed by atoms with Crippen LogP contribution in [0.2, 0.25) is 0 Å². The molecule has 0 aliphatic carbocycles. The van der Waals surface area contributed by atoms with Gasteiger partial charge in [0.15, 0.2) is 0 Å². The molecule has 0 amide bonds. The highest BCUT2D eigenvalue weighted by Crippen LogP contribution is 2.41. The van der Waals surface area contributed by atoms with E-state index in [2.05, 4.69) is 28.1 Å². The van der Waals surface area contributed by atoms with Gasteiger partial charge in [0, 0.05) is 27.5 Å². The number of fused-ring (bicyclic) bond motifs is 1. The second-order valence-corrected chi connectivity index (χ2v) is 6.88. The fraction of sp³-hybridized carbons (Fsp3) is 0.250. The zero-order valence-corrected chi connectivity index (χ0v) is 13.1. The maximum atomic E-state index is 13.1. The van der Waals surface area contributed by atoms with Crippen LogP contribution in [0.25, 0.3) is 0 Å². The third-order valence-electron chi connectivity index (χ3n) is 3.65. The Bertz CT molecular complexity index is 632. The summed E-state index contributed by atoms with van der Waals surface area (Å²) in [7, 11) is 0. The van der Waals surface area contributed by atoms with Crippen LogP contribution < -0.4 is 0 Å². The smallest absolute Gasteiger partial charge is 0.124 e. The molecule has 2 aromatic carbocycles. The Labute approximate surface area is 130 Å². The Kier molecular flexibility index (Phi) is 4.15. The largest absolute Gasteiger partial charge is 0.392 e. The van der Waals surface area contributed by atoms with E-state index in [4.69, 9.17) is 0 Å². The molecular weight excluding hydrogens is 339 g/mol. The molecule has 4 heteroatoms. The molecule has 1 aliphatic heterocycles. The zero-order chi connectivity index (χ0) is 14.1. The minimum absolute atomic E-state index is 0.146. The quantitative estimate of drug-likeness (QED) is 0.884. The first-order chi connectivity index (χ1) is 9.65. The monoisotopic (exact) mass is 352 g/mol. The van der Waals surface area contributed by atoms with Crippen molar-refractivity contribution in [2.75, 3.05) is 5.75 Å². The summed E-state index contributed by atoms with van der Waals surface area (Å²) in [4.78, 5) is 1.26. The van der Waals surface area contributed by atoms with Crippen molar-refractivity contribution in [1.29, 1.82) is 0 Å². The molecule has 0 bridgehead atoms. The average molecular weight is 353 g/mol. The fourth-order valence-corrected chi connectivity index (χ4v) is 4.40. The number of halogens is 2. The van der Waals surface area contributed by atoms with Crippen molar-refractivity contribution in [2.24, 2.45) is 0 Å². The summed E-state index contributed by atoms with van der Waals surface area (Å²) in [5.74, 6) is 0.782. The first kappa shape index (κ1) is 14.1. The van der Waals surface area contributed by atoms with Gasteiger partial charge < -0.3 is 5.11 Å². The van der Waals surface area contributed by atoms with Crippen molar-refractivity contribution in [2.45, 2.75) is 23.3 Å². The number of hydrogen-bond acceptors (Lipinski definition) is 2. The lowest BCUT2D eigenvalue weighted by Crippen LogP contribution is -2.21. The minimum Gasteiger partial charge on any atom is -0.392 e. The third kappa shape index (κ3) is 2.78. The summed E-state index contributed by atoms with van der Waals surface area (Å²) in [5, 5.41) is 10.5. The van der Waals surface area contributed by atoms with Crippen molar-refractivity contribution >= 4 is 27.7 Å². The average Bonchev–Trinajstić information content (AvgIpc) is 2.86. The molecule has 1 nitrogen and oxygen atoms in total. The molecule has 1 N–H and O–H groups in total. The van der Waals surface area contributed by atoms with Crippen LogP contribution >= 0.6 is 27.7 Å². The number of benzene rings is 2. The van der Waals surface area contributed by atoms with Gasteiger partial charge in [-0.25, -0.2) is 4.39 Å². The molecular formula is C16H14BrFOS. The van der Waals surface area contributed by atoms with Crippen molar-refractivity contribution in [3.63, 3.8) is 0 Å². The molecule has 0 fully saturated rings. The summed E-state index contributed by atoms with van der Waals surface area (Å²) in [5.41, 5.74) is 2.16. The maximum absolute atomic E-state index is 13.1. The summed E-state index contributed by atoms with van der Waals surface area (Å²) < 4.78 is 13.8. The number of aliphatic hydroxyl groups excluding tert-OH is 1. The molecule has 0 radical (unpaired) electrons. The predicted molar refractivity (Wildman–Crippen MR) is 83.7 cm³/mol. The Balaban J connectivity index is 1.79. The molecule has 2 unspecified atom stereocenters. The van der Waals surface area contributed by atoms with Gasteiger partial charge in [0.25, 0.3) is 0 Å². The molecule has 0 spiro atoms. The van der Waals surface area contributed by atoms with Crippen molar-refractivity contribution < 1.29 is 9.50 Å². The molecule has 20 heavy (non-hydrogen) atoms. The summed E-state index contributed by atoms with van der Waals surface area (Å²) >= 11 is 5.15. The number of thioether (sulfide) groups is 1. The van der Waals surface area contributed by atoms with Gasteiger partial charge in [-0.3, -0.25) is 0 Å². The molecule has 3 rings (SSSR count). The second-order valence-electron chi connectivity index (χ2n) is 4.96. The van der Waals surface area contributed by atoms with E-state index in [1.807, 2.05) is 12.1 Å². The lowest BCUT2D eigenvalue weighted by molar-refractivity contribution is 0.151. The van der Waals surface area contributed by atoms with E-state index in [9.17, 15) is 9.50 Å². The third-order valence-corrected chi connectivity index (χ3v) is 5.59. The Hall–Kier alpha value is -0.840. The normalized spacial score (nSPS) is 18.9. The van der Waals surface area contributed by atoms with Gasteiger partial charge in [-0.15, -0.1) is 11.8 Å². The summed E-state index contributed by atoms with van der Waals surface area (Å²) in [6.07, 6.45) is 0.0772. The number of rotatable bonds is 3. The molecule has 0 saturated heterocycles. The lowest BCUT2D eigenvalue weighted by Gasteiger charge is -2.19. The van der Waals surface area contributed by atoms with Crippen LogP contribution in [0.4, 0.5) is 4.39 Å². The zero-order valence-electron chi connectivity index (χ0n) is 10.7. The van der Waals surface area contributed by atoms with Crippen molar-refractivity contribution in [3.8, 4) is 0 Å². The van der Waals surface area contributed by atoms with E-state index in [0.717, 1.165) is 15.8 Å². The van der Waals surface area contributed by atoms with Gasteiger partial charge in [0.2, 0.25) is 0 Å². The highest BCUT2D eigenvalue weighted by Gasteiger charge is 2.29. The Morgan fingerprint density at radius 3 is 2.90 bits per heavy atom. The highest BCUT2D eigenvalue weighted by atomic mass is 79.9. The predicted octanol–water partition coefficient (Wildman–Crippen LogP) is 4.38. The molecule has 0 saturated carbocycles. The van der Waals surface area contributed by atoms with Crippen LogP contribution in [0.3, 0.4) is 0 Å². The van der Waals surface area contributed by atoms with Gasteiger partial charge in [0.1, 0.15) is 5.82 Å². The van der Waals surface area contributed by atoms with Crippen molar-refractivity contribution in [3.05, 3.63) is 63.9 Å². The van der Waals surface area contributed by atoms with Gasteiger partial charge in [-0.2, -0.15) is 0 Å².